The predicted molar refractivity (Wildman–Crippen MR) is 52.8 cm³/mol. The van der Waals surface area contributed by atoms with Crippen LogP contribution >= 0.6 is 0 Å². The molecule has 1 aromatic rings. The Kier molecular flexibility index (Phi) is 1.95. The first kappa shape index (κ1) is 9.06. The van der Waals surface area contributed by atoms with Crippen LogP contribution in [0, 0.1) is 0 Å². The highest BCUT2D eigenvalue weighted by Crippen LogP contribution is 2.31. The lowest BCUT2D eigenvalue weighted by atomic mass is 9.91. The van der Waals surface area contributed by atoms with Gasteiger partial charge in [-0.1, -0.05) is 12.1 Å². The Morgan fingerprint density at radius 2 is 2.00 bits per heavy atom. The number of carbonyl (C=O) groups excluding carboxylic acids is 1. The molecule has 1 atom stereocenters. The van der Waals surface area contributed by atoms with Crippen LogP contribution in [-0.2, 0) is 10.3 Å². The lowest BCUT2D eigenvalue weighted by molar-refractivity contribution is -0.119. The van der Waals surface area contributed by atoms with Gasteiger partial charge in [-0.2, -0.15) is 0 Å². The quantitative estimate of drug-likeness (QED) is 0.707. The highest BCUT2D eigenvalue weighted by molar-refractivity contribution is 5.79. The number of hydrogen-bond donors (Lipinski definition) is 2. The van der Waals surface area contributed by atoms with E-state index in [1.54, 1.807) is 12.1 Å². The maximum atomic E-state index is 11.1. The fourth-order valence-corrected chi connectivity index (χ4v) is 1.84. The fraction of sp³-hybridized carbons (Fsp3) is 0.364. The standard InChI is InChI=1S/C11H13NO2/c1-11(7-6-10(14)12-11)8-2-4-9(13)5-3-8/h2-5,13H,6-7H2,1H3,(H,12,14). The van der Waals surface area contributed by atoms with E-state index in [4.69, 9.17) is 5.11 Å². The Labute approximate surface area is 82.8 Å². The van der Waals surface area contributed by atoms with Gasteiger partial charge >= 0.3 is 0 Å². The Hall–Kier alpha value is -1.51. The van der Waals surface area contributed by atoms with E-state index in [-0.39, 0.29) is 17.2 Å². The van der Waals surface area contributed by atoms with E-state index in [2.05, 4.69) is 5.32 Å². The van der Waals surface area contributed by atoms with Crippen molar-refractivity contribution in [3.63, 3.8) is 0 Å². The summed E-state index contributed by atoms with van der Waals surface area (Å²) in [6, 6.07) is 6.98. The van der Waals surface area contributed by atoms with E-state index < -0.39 is 0 Å². The molecule has 2 N–H and O–H groups in total. The molecule has 74 valence electrons. The van der Waals surface area contributed by atoms with Crippen molar-refractivity contribution in [2.24, 2.45) is 0 Å². The molecule has 0 bridgehead atoms. The minimum Gasteiger partial charge on any atom is -0.508 e. The summed E-state index contributed by atoms with van der Waals surface area (Å²) in [5.41, 5.74) is 0.784. The molecule has 0 spiro atoms. The summed E-state index contributed by atoms with van der Waals surface area (Å²) in [6.07, 6.45) is 1.40. The number of phenolic OH excluding ortho intramolecular Hbond substituents is 1. The second kappa shape index (κ2) is 3.01. The van der Waals surface area contributed by atoms with Crippen molar-refractivity contribution >= 4 is 5.91 Å². The number of aromatic hydroxyl groups is 1. The van der Waals surface area contributed by atoms with Crippen LogP contribution in [-0.4, -0.2) is 11.0 Å². The van der Waals surface area contributed by atoms with Crippen LogP contribution in [0.5, 0.6) is 5.75 Å². The summed E-state index contributed by atoms with van der Waals surface area (Å²) < 4.78 is 0. The molecule has 1 aromatic carbocycles. The third-order valence-corrected chi connectivity index (χ3v) is 2.77. The van der Waals surface area contributed by atoms with Crippen LogP contribution < -0.4 is 5.32 Å². The third-order valence-electron chi connectivity index (χ3n) is 2.77. The van der Waals surface area contributed by atoms with E-state index in [1.165, 1.54) is 0 Å². The molecule has 2 rings (SSSR count). The van der Waals surface area contributed by atoms with Crippen molar-refractivity contribution in [2.45, 2.75) is 25.3 Å². The first-order valence-electron chi connectivity index (χ1n) is 4.71. The normalized spacial score (nSPS) is 26.2. The maximum Gasteiger partial charge on any atom is 0.220 e. The van der Waals surface area contributed by atoms with Gasteiger partial charge in [-0.05, 0) is 31.0 Å². The summed E-state index contributed by atoms with van der Waals surface area (Å²) in [5, 5.41) is 12.1. The second-order valence-electron chi connectivity index (χ2n) is 3.93. The van der Waals surface area contributed by atoms with Gasteiger partial charge in [0.15, 0.2) is 0 Å². The second-order valence-corrected chi connectivity index (χ2v) is 3.93. The zero-order chi connectivity index (χ0) is 10.2. The minimum absolute atomic E-state index is 0.0978. The zero-order valence-electron chi connectivity index (χ0n) is 8.08. The molecular formula is C11H13NO2. The summed E-state index contributed by atoms with van der Waals surface area (Å²) >= 11 is 0. The van der Waals surface area contributed by atoms with Crippen molar-refractivity contribution in [3.8, 4) is 5.75 Å². The number of carbonyl (C=O) groups is 1. The van der Waals surface area contributed by atoms with Crippen molar-refractivity contribution in [1.82, 2.24) is 5.32 Å². The lowest BCUT2D eigenvalue weighted by Gasteiger charge is -2.24. The van der Waals surface area contributed by atoms with Gasteiger partial charge in [0, 0.05) is 6.42 Å². The Balaban J connectivity index is 2.30. The van der Waals surface area contributed by atoms with Gasteiger partial charge in [0.1, 0.15) is 5.75 Å². The molecule has 1 unspecified atom stereocenters. The van der Waals surface area contributed by atoms with E-state index in [0.717, 1.165) is 12.0 Å². The molecule has 1 heterocycles. The third kappa shape index (κ3) is 1.45. The van der Waals surface area contributed by atoms with Crippen LogP contribution in [0.15, 0.2) is 24.3 Å². The molecule has 3 heteroatoms. The molecule has 1 fully saturated rings. The molecule has 14 heavy (non-hydrogen) atoms. The molecule has 0 saturated carbocycles. The number of amides is 1. The van der Waals surface area contributed by atoms with Crippen LogP contribution in [0.1, 0.15) is 25.3 Å². The maximum absolute atomic E-state index is 11.1. The van der Waals surface area contributed by atoms with Crippen LogP contribution in [0.3, 0.4) is 0 Å². The number of benzene rings is 1. The van der Waals surface area contributed by atoms with Crippen LogP contribution in [0.25, 0.3) is 0 Å². The number of rotatable bonds is 1. The summed E-state index contributed by atoms with van der Waals surface area (Å²) in [7, 11) is 0. The van der Waals surface area contributed by atoms with Crippen LogP contribution in [0.4, 0.5) is 0 Å². The first-order valence-corrected chi connectivity index (χ1v) is 4.71. The smallest absolute Gasteiger partial charge is 0.220 e. The van der Waals surface area contributed by atoms with Gasteiger partial charge < -0.3 is 10.4 Å². The molecule has 3 nitrogen and oxygen atoms in total. The van der Waals surface area contributed by atoms with Crippen LogP contribution in [0.2, 0.25) is 0 Å². The van der Waals surface area contributed by atoms with Gasteiger partial charge in [-0.3, -0.25) is 4.79 Å². The van der Waals surface area contributed by atoms with Gasteiger partial charge in [0.25, 0.3) is 0 Å². The van der Waals surface area contributed by atoms with E-state index in [0.29, 0.717) is 6.42 Å². The Morgan fingerprint density at radius 3 is 2.50 bits per heavy atom. The van der Waals surface area contributed by atoms with Crippen molar-refractivity contribution in [1.29, 1.82) is 0 Å². The summed E-state index contributed by atoms with van der Waals surface area (Å²) in [5.74, 6) is 0.349. The monoisotopic (exact) mass is 191 g/mol. The Bertz CT molecular complexity index is 358. The number of nitrogens with one attached hydrogen (secondary N) is 1. The van der Waals surface area contributed by atoms with E-state index in [9.17, 15) is 4.79 Å². The van der Waals surface area contributed by atoms with Gasteiger partial charge in [0.05, 0.1) is 5.54 Å². The molecule has 1 aliphatic rings. The number of phenols is 1. The summed E-state index contributed by atoms with van der Waals surface area (Å²) in [4.78, 5) is 11.1. The topological polar surface area (TPSA) is 49.3 Å². The first-order chi connectivity index (χ1) is 6.60. The van der Waals surface area contributed by atoms with Crippen molar-refractivity contribution in [3.05, 3.63) is 29.8 Å². The highest BCUT2D eigenvalue weighted by Gasteiger charge is 2.34. The minimum atomic E-state index is -0.259. The fourth-order valence-electron chi connectivity index (χ4n) is 1.84. The average Bonchev–Trinajstić information content (AvgIpc) is 2.48. The number of hydrogen-bond acceptors (Lipinski definition) is 2. The Morgan fingerprint density at radius 1 is 1.36 bits per heavy atom. The predicted octanol–water partition coefficient (Wildman–Crippen LogP) is 1.52. The summed E-state index contributed by atoms with van der Waals surface area (Å²) in [6.45, 7) is 2.00. The van der Waals surface area contributed by atoms with E-state index >= 15 is 0 Å². The largest absolute Gasteiger partial charge is 0.508 e. The molecule has 0 radical (unpaired) electrons. The van der Waals surface area contributed by atoms with Gasteiger partial charge in [-0.15, -0.1) is 0 Å². The zero-order valence-corrected chi connectivity index (χ0v) is 8.08. The molecule has 1 saturated heterocycles. The molecule has 1 aliphatic heterocycles. The average molecular weight is 191 g/mol. The molecular weight excluding hydrogens is 178 g/mol. The SMILES string of the molecule is CC1(c2ccc(O)cc2)CCC(=O)N1. The van der Waals surface area contributed by atoms with Crippen molar-refractivity contribution in [2.75, 3.05) is 0 Å². The highest BCUT2D eigenvalue weighted by atomic mass is 16.3. The molecule has 1 amide bonds. The lowest BCUT2D eigenvalue weighted by Crippen LogP contribution is -2.35. The molecule has 0 aromatic heterocycles. The van der Waals surface area contributed by atoms with Gasteiger partial charge in [0.2, 0.25) is 5.91 Å². The van der Waals surface area contributed by atoms with Crippen molar-refractivity contribution < 1.29 is 9.90 Å². The van der Waals surface area contributed by atoms with Gasteiger partial charge in [-0.25, -0.2) is 0 Å². The van der Waals surface area contributed by atoms with E-state index in [1.807, 2.05) is 19.1 Å². The molecule has 0 aliphatic carbocycles.